The second-order valence-electron chi connectivity index (χ2n) is 10.0. The van der Waals surface area contributed by atoms with Crippen LogP contribution in [0.4, 0.5) is 5.69 Å². The van der Waals surface area contributed by atoms with Crippen LogP contribution in [0.15, 0.2) is 71.5 Å². The minimum Gasteiger partial charge on any atom is -0.390 e. The molecule has 0 spiro atoms. The first-order valence-corrected chi connectivity index (χ1v) is 13.4. The molecule has 0 fully saturated rings. The SMILES string of the molecule is CC(C)(NC[C@@H](O)[C@@H]1Cc2cccc(c2)CCCCNc2cncc(c2)C(=O)N1)c1cccc(Br)c1. The molecular formula is C29H35BrN4O2. The predicted molar refractivity (Wildman–Crippen MR) is 148 cm³/mol. The first kappa shape index (κ1) is 26.3. The third-order valence-electron chi connectivity index (χ3n) is 6.75. The van der Waals surface area contributed by atoms with Crippen molar-refractivity contribution < 1.29 is 9.90 Å². The largest absolute Gasteiger partial charge is 0.390 e. The molecule has 1 aromatic heterocycles. The summed E-state index contributed by atoms with van der Waals surface area (Å²) in [6.45, 7) is 5.32. The van der Waals surface area contributed by atoms with Crippen molar-refractivity contribution in [3.63, 3.8) is 0 Å². The molecule has 7 heteroatoms. The summed E-state index contributed by atoms with van der Waals surface area (Å²) in [5.41, 5.74) is 4.42. The summed E-state index contributed by atoms with van der Waals surface area (Å²) in [7, 11) is 0. The molecule has 0 saturated heterocycles. The number of aryl methyl sites for hydroxylation is 1. The van der Waals surface area contributed by atoms with Gasteiger partial charge in [-0.05, 0) is 74.4 Å². The van der Waals surface area contributed by atoms with E-state index in [1.807, 2.05) is 18.2 Å². The number of nitrogens with one attached hydrogen (secondary N) is 3. The second kappa shape index (κ2) is 12.0. The molecule has 36 heavy (non-hydrogen) atoms. The Balaban J connectivity index is 1.55. The van der Waals surface area contributed by atoms with E-state index in [-0.39, 0.29) is 11.4 Å². The standard InChI is InChI=1S/C29H35BrN4O2/c1-29(2,23-10-6-11-24(30)16-23)33-19-27(35)26-14-21-9-5-8-20(13-21)7-3-4-12-32-25-15-22(17-31-18-25)28(36)34-26/h5-6,8-11,13,15-18,26-27,32-33,35H,3-4,7,12,14,19H2,1-2H3,(H,34,36)/t26-,27+/m0/s1. The second-order valence-corrected chi connectivity index (χ2v) is 10.9. The maximum Gasteiger partial charge on any atom is 0.253 e. The first-order chi connectivity index (χ1) is 17.3. The van der Waals surface area contributed by atoms with E-state index >= 15 is 0 Å². The minimum atomic E-state index is -0.797. The number of fused-ring (bicyclic) bond motifs is 4. The van der Waals surface area contributed by atoms with Crippen LogP contribution in [-0.4, -0.2) is 41.2 Å². The molecule has 2 aromatic carbocycles. The summed E-state index contributed by atoms with van der Waals surface area (Å²) in [5, 5.41) is 21.2. The quantitative estimate of drug-likeness (QED) is 0.366. The van der Waals surface area contributed by atoms with E-state index in [4.69, 9.17) is 0 Å². The van der Waals surface area contributed by atoms with Crippen LogP contribution in [-0.2, 0) is 18.4 Å². The van der Waals surface area contributed by atoms with E-state index < -0.39 is 12.1 Å². The first-order valence-electron chi connectivity index (χ1n) is 12.6. The summed E-state index contributed by atoms with van der Waals surface area (Å²) in [5.74, 6) is -0.243. The summed E-state index contributed by atoms with van der Waals surface area (Å²) in [4.78, 5) is 17.4. The average Bonchev–Trinajstić information content (AvgIpc) is 2.87. The van der Waals surface area contributed by atoms with Gasteiger partial charge in [0.1, 0.15) is 0 Å². The Labute approximate surface area is 222 Å². The van der Waals surface area contributed by atoms with Crippen LogP contribution in [0.2, 0.25) is 0 Å². The Kier molecular flexibility index (Phi) is 8.77. The van der Waals surface area contributed by atoms with E-state index in [1.165, 1.54) is 5.56 Å². The zero-order valence-corrected chi connectivity index (χ0v) is 22.5. The molecule has 1 aliphatic rings. The molecule has 4 bridgehead atoms. The van der Waals surface area contributed by atoms with Crippen LogP contribution in [0.25, 0.3) is 0 Å². The molecule has 2 heterocycles. The molecule has 0 aliphatic carbocycles. The van der Waals surface area contributed by atoms with E-state index in [0.717, 1.165) is 47.1 Å². The molecule has 1 aliphatic heterocycles. The Morgan fingerprint density at radius 2 is 1.92 bits per heavy atom. The number of rotatable bonds is 5. The van der Waals surface area contributed by atoms with Crippen LogP contribution < -0.4 is 16.0 Å². The number of hydrogen-bond donors (Lipinski definition) is 4. The predicted octanol–water partition coefficient (Wildman–Crippen LogP) is 4.82. The number of nitrogens with zero attached hydrogens (tertiary/aromatic N) is 1. The number of anilines is 1. The van der Waals surface area contributed by atoms with Gasteiger partial charge in [0.2, 0.25) is 0 Å². The van der Waals surface area contributed by atoms with E-state index in [9.17, 15) is 9.90 Å². The van der Waals surface area contributed by atoms with Gasteiger partial charge in [-0.3, -0.25) is 9.78 Å². The maximum absolute atomic E-state index is 13.2. The van der Waals surface area contributed by atoms with Crippen molar-refractivity contribution in [2.24, 2.45) is 0 Å². The lowest BCUT2D eigenvalue weighted by molar-refractivity contribution is 0.0813. The Bertz CT molecular complexity index is 1180. The normalized spacial score (nSPS) is 17.8. The van der Waals surface area contributed by atoms with Gasteiger partial charge in [-0.1, -0.05) is 52.3 Å². The zero-order chi connectivity index (χ0) is 25.5. The summed E-state index contributed by atoms with van der Waals surface area (Å²) >= 11 is 3.54. The summed E-state index contributed by atoms with van der Waals surface area (Å²) in [6, 6.07) is 18.0. The van der Waals surface area contributed by atoms with E-state index in [1.54, 1.807) is 12.4 Å². The van der Waals surface area contributed by atoms with Crippen molar-refractivity contribution in [1.29, 1.82) is 0 Å². The highest BCUT2D eigenvalue weighted by atomic mass is 79.9. The van der Waals surface area contributed by atoms with Crippen molar-refractivity contribution in [3.05, 3.63) is 93.7 Å². The van der Waals surface area contributed by atoms with Crippen molar-refractivity contribution in [2.75, 3.05) is 18.4 Å². The molecule has 4 rings (SSSR count). The van der Waals surface area contributed by atoms with Gasteiger partial charge in [0.15, 0.2) is 0 Å². The third-order valence-corrected chi connectivity index (χ3v) is 7.24. The number of amides is 1. The lowest BCUT2D eigenvalue weighted by Gasteiger charge is -2.31. The smallest absolute Gasteiger partial charge is 0.253 e. The molecule has 4 N–H and O–H groups in total. The molecule has 190 valence electrons. The summed E-state index contributed by atoms with van der Waals surface area (Å²) in [6.07, 6.45) is 6.13. The highest BCUT2D eigenvalue weighted by molar-refractivity contribution is 9.10. The number of aliphatic hydroxyl groups excluding tert-OH is 1. The fourth-order valence-corrected chi connectivity index (χ4v) is 4.93. The Hall–Kier alpha value is -2.74. The third kappa shape index (κ3) is 7.15. The van der Waals surface area contributed by atoms with Crippen molar-refractivity contribution in [3.8, 4) is 0 Å². The fraction of sp³-hybridized carbons (Fsp3) is 0.379. The topological polar surface area (TPSA) is 86.3 Å². The van der Waals surface area contributed by atoms with Crippen LogP contribution in [0.3, 0.4) is 0 Å². The Morgan fingerprint density at radius 3 is 2.75 bits per heavy atom. The average molecular weight is 552 g/mol. The lowest BCUT2D eigenvalue weighted by atomic mass is 9.93. The maximum atomic E-state index is 13.2. The number of halogens is 1. The highest BCUT2D eigenvalue weighted by Gasteiger charge is 2.27. The minimum absolute atomic E-state index is 0.243. The number of aliphatic hydroxyl groups is 1. The molecule has 0 saturated carbocycles. The molecule has 0 unspecified atom stereocenters. The van der Waals surface area contributed by atoms with Gasteiger partial charge < -0.3 is 21.1 Å². The number of carbonyl (C=O) groups is 1. The zero-order valence-electron chi connectivity index (χ0n) is 20.9. The van der Waals surface area contributed by atoms with Crippen molar-refractivity contribution in [2.45, 2.75) is 57.2 Å². The fourth-order valence-electron chi connectivity index (χ4n) is 4.53. The van der Waals surface area contributed by atoms with Gasteiger partial charge in [-0.15, -0.1) is 0 Å². The monoisotopic (exact) mass is 550 g/mol. The van der Waals surface area contributed by atoms with Gasteiger partial charge in [0.25, 0.3) is 5.91 Å². The number of benzene rings is 2. The van der Waals surface area contributed by atoms with Gasteiger partial charge in [0, 0.05) is 35.5 Å². The van der Waals surface area contributed by atoms with Gasteiger partial charge >= 0.3 is 0 Å². The van der Waals surface area contributed by atoms with Crippen molar-refractivity contribution >= 4 is 27.5 Å². The molecule has 6 nitrogen and oxygen atoms in total. The molecule has 2 atom stereocenters. The lowest BCUT2D eigenvalue weighted by Crippen LogP contribution is -2.51. The number of hydrogen-bond acceptors (Lipinski definition) is 5. The van der Waals surface area contributed by atoms with E-state index in [2.05, 4.69) is 87.1 Å². The number of pyridine rings is 1. The Morgan fingerprint density at radius 1 is 1.11 bits per heavy atom. The molecule has 0 radical (unpaired) electrons. The number of aromatic nitrogens is 1. The van der Waals surface area contributed by atoms with Crippen LogP contribution >= 0.6 is 15.9 Å². The highest BCUT2D eigenvalue weighted by Crippen LogP contribution is 2.23. The van der Waals surface area contributed by atoms with Crippen LogP contribution in [0, 0.1) is 0 Å². The number of carbonyl (C=O) groups excluding carboxylic acids is 1. The van der Waals surface area contributed by atoms with Crippen molar-refractivity contribution in [1.82, 2.24) is 15.6 Å². The van der Waals surface area contributed by atoms with Gasteiger partial charge in [-0.2, -0.15) is 0 Å². The molecule has 1 amide bonds. The summed E-state index contributed by atoms with van der Waals surface area (Å²) < 4.78 is 1.01. The van der Waals surface area contributed by atoms with Crippen LogP contribution in [0.1, 0.15) is 53.7 Å². The van der Waals surface area contributed by atoms with E-state index in [0.29, 0.717) is 18.5 Å². The van der Waals surface area contributed by atoms with Gasteiger partial charge in [-0.25, -0.2) is 0 Å². The van der Waals surface area contributed by atoms with Crippen LogP contribution in [0.5, 0.6) is 0 Å². The van der Waals surface area contributed by atoms with Gasteiger partial charge in [0.05, 0.1) is 23.4 Å². The molecule has 3 aromatic rings. The molecular weight excluding hydrogens is 516 g/mol.